The van der Waals surface area contributed by atoms with E-state index in [1.165, 1.54) is 0 Å². The first kappa shape index (κ1) is 14.2. The Kier molecular flexibility index (Phi) is 4.35. The van der Waals surface area contributed by atoms with E-state index in [0.29, 0.717) is 18.0 Å². The molecule has 19 heavy (non-hydrogen) atoms. The van der Waals surface area contributed by atoms with Gasteiger partial charge in [0.15, 0.2) is 0 Å². The lowest BCUT2D eigenvalue weighted by molar-refractivity contribution is -0.146. The molecule has 2 aromatic rings. The molecule has 0 spiro atoms. The summed E-state index contributed by atoms with van der Waals surface area (Å²) in [5.41, 5.74) is 5.38. The zero-order chi connectivity index (χ0) is 13.9. The smallest absolute Gasteiger partial charge is 0.330 e. The largest absolute Gasteiger partial charge is 0.453 e. The summed E-state index contributed by atoms with van der Waals surface area (Å²) in [7, 11) is 0. The van der Waals surface area contributed by atoms with Gasteiger partial charge in [0.2, 0.25) is 4.96 Å². The molecule has 0 radical (unpaired) electrons. The van der Waals surface area contributed by atoms with Crippen LogP contribution in [0.3, 0.4) is 0 Å². The number of aromatic nitrogens is 4. The topological polar surface area (TPSA) is 69.1 Å². The molecule has 106 valence electrons. The third kappa shape index (κ3) is 3.41. The highest BCUT2D eigenvalue weighted by Gasteiger charge is 2.38. The summed E-state index contributed by atoms with van der Waals surface area (Å²) in [6.45, 7) is 0.672. The van der Waals surface area contributed by atoms with Gasteiger partial charge in [-0.3, -0.25) is 0 Å². The van der Waals surface area contributed by atoms with Gasteiger partial charge in [0.25, 0.3) is 5.82 Å². The molecule has 0 saturated carbocycles. The lowest BCUT2D eigenvalue weighted by atomic mass is 10.1. The van der Waals surface area contributed by atoms with Gasteiger partial charge in [0.1, 0.15) is 5.01 Å². The molecule has 0 saturated heterocycles. The molecule has 0 aliphatic carbocycles. The molecular formula is C10H14F3N5S. The number of nitrogens with zero attached hydrogens (tertiary/aromatic N) is 4. The quantitative estimate of drug-likeness (QED) is 0.829. The van der Waals surface area contributed by atoms with Crippen LogP contribution in [0, 0.1) is 0 Å². The Hall–Kier alpha value is -1.22. The number of nitrogens with two attached hydrogens (primary N) is 1. The maximum atomic E-state index is 12.6. The van der Waals surface area contributed by atoms with Gasteiger partial charge in [-0.15, -0.1) is 10.2 Å². The molecule has 0 aromatic carbocycles. The van der Waals surface area contributed by atoms with E-state index in [9.17, 15) is 13.2 Å². The van der Waals surface area contributed by atoms with Crippen molar-refractivity contribution in [2.45, 2.75) is 38.3 Å². The van der Waals surface area contributed by atoms with Crippen LogP contribution in [0.4, 0.5) is 13.2 Å². The summed E-state index contributed by atoms with van der Waals surface area (Å²) in [4.78, 5) is 0.185. The zero-order valence-corrected chi connectivity index (χ0v) is 11.0. The summed E-state index contributed by atoms with van der Waals surface area (Å²) in [5, 5.41) is 11.2. The number of fused-ring (bicyclic) bond motifs is 1. The van der Waals surface area contributed by atoms with Crippen LogP contribution in [0.5, 0.6) is 0 Å². The lowest BCUT2D eigenvalue weighted by Crippen LogP contribution is -2.11. The molecule has 2 aromatic heterocycles. The highest BCUT2D eigenvalue weighted by atomic mass is 32.1. The Balaban J connectivity index is 2.00. The van der Waals surface area contributed by atoms with Crippen molar-refractivity contribution in [1.29, 1.82) is 0 Å². The van der Waals surface area contributed by atoms with E-state index in [1.54, 1.807) is 0 Å². The molecule has 5 nitrogen and oxygen atoms in total. The number of halogens is 3. The van der Waals surface area contributed by atoms with Crippen LogP contribution < -0.4 is 5.73 Å². The molecule has 0 fully saturated rings. The summed E-state index contributed by atoms with van der Waals surface area (Å²) >= 11 is 1.15. The van der Waals surface area contributed by atoms with Gasteiger partial charge in [-0.05, 0) is 19.4 Å². The molecule has 2 N–H and O–H groups in total. The van der Waals surface area contributed by atoms with E-state index in [0.717, 1.165) is 41.5 Å². The lowest BCUT2D eigenvalue weighted by Gasteiger charge is -2.00. The first-order valence-corrected chi connectivity index (χ1v) is 6.82. The molecule has 0 aliphatic rings. The Morgan fingerprint density at radius 3 is 2.53 bits per heavy atom. The Morgan fingerprint density at radius 1 is 1.11 bits per heavy atom. The van der Waals surface area contributed by atoms with Crippen LogP contribution >= 0.6 is 11.3 Å². The fourth-order valence-electron chi connectivity index (χ4n) is 1.71. The fourth-order valence-corrected chi connectivity index (χ4v) is 2.58. The van der Waals surface area contributed by atoms with Gasteiger partial charge in [-0.2, -0.15) is 22.8 Å². The average molecular weight is 293 g/mol. The number of rotatable bonds is 6. The van der Waals surface area contributed by atoms with Crippen LogP contribution in [0.1, 0.15) is 36.5 Å². The van der Waals surface area contributed by atoms with Gasteiger partial charge in [0.05, 0.1) is 0 Å². The molecule has 0 bridgehead atoms. The molecule has 0 unspecified atom stereocenters. The number of unbranched alkanes of at least 4 members (excludes halogenated alkanes) is 3. The highest BCUT2D eigenvalue weighted by molar-refractivity contribution is 7.16. The maximum absolute atomic E-state index is 12.6. The Labute approximate surface area is 111 Å². The van der Waals surface area contributed by atoms with Gasteiger partial charge < -0.3 is 5.73 Å². The van der Waals surface area contributed by atoms with E-state index in [2.05, 4.69) is 15.3 Å². The van der Waals surface area contributed by atoms with Crippen molar-refractivity contribution >= 4 is 16.3 Å². The zero-order valence-electron chi connectivity index (χ0n) is 10.2. The summed E-state index contributed by atoms with van der Waals surface area (Å²) in [6, 6.07) is 0. The van der Waals surface area contributed by atoms with Gasteiger partial charge in [0, 0.05) is 6.42 Å². The van der Waals surface area contributed by atoms with Crippen molar-refractivity contribution in [2.75, 3.05) is 6.54 Å². The molecule has 9 heteroatoms. The SMILES string of the molecule is NCCCCCCc1nn2c(C(F)(F)F)nnc2s1. The fraction of sp³-hybridized carbons (Fsp3) is 0.700. The second-order valence-corrected chi connectivity index (χ2v) is 5.20. The van der Waals surface area contributed by atoms with E-state index >= 15 is 0 Å². The standard InChI is InChI=1S/C10H14F3N5S/c11-10(12,13)8-15-16-9-18(8)17-7(19-9)5-3-1-2-4-6-14/h1-6,14H2. The first-order valence-electron chi connectivity index (χ1n) is 6.01. The van der Waals surface area contributed by atoms with Crippen molar-refractivity contribution in [3.05, 3.63) is 10.8 Å². The second kappa shape index (κ2) is 5.83. The van der Waals surface area contributed by atoms with E-state index in [4.69, 9.17) is 5.73 Å². The van der Waals surface area contributed by atoms with Crippen LogP contribution in [-0.2, 0) is 12.6 Å². The van der Waals surface area contributed by atoms with Crippen molar-refractivity contribution < 1.29 is 13.2 Å². The minimum absolute atomic E-state index is 0.185. The minimum atomic E-state index is -4.52. The maximum Gasteiger partial charge on any atom is 0.453 e. The minimum Gasteiger partial charge on any atom is -0.330 e. The monoisotopic (exact) mass is 293 g/mol. The highest BCUT2D eigenvalue weighted by Crippen LogP contribution is 2.29. The molecule has 0 atom stereocenters. The third-order valence-electron chi connectivity index (χ3n) is 2.63. The van der Waals surface area contributed by atoms with Crippen LogP contribution in [0.2, 0.25) is 0 Å². The van der Waals surface area contributed by atoms with Crippen molar-refractivity contribution in [3.63, 3.8) is 0 Å². The molecule has 0 amide bonds. The van der Waals surface area contributed by atoms with Crippen LogP contribution in [-0.4, -0.2) is 26.4 Å². The van der Waals surface area contributed by atoms with Crippen LogP contribution in [0.15, 0.2) is 0 Å². The summed E-state index contributed by atoms with van der Waals surface area (Å²) in [5.74, 6) is -1.06. The van der Waals surface area contributed by atoms with E-state index in [1.807, 2.05) is 0 Å². The number of aryl methyl sites for hydroxylation is 1. The molecule has 2 heterocycles. The number of hydrogen-bond acceptors (Lipinski definition) is 5. The number of alkyl halides is 3. The van der Waals surface area contributed by atoms with E-state index in [-0.39, 0.29) is 4.96 Å². The molecule has 0 aliphatic heterocycles. The average Bonchev–Trinajstić information content (AvgIpc) is 2.86. The first-order chi connectivity index (χ1) is 9.02. The summed E-state index contributed by atoms with van der Waals surface area (Å²) < 4.78 is 38.5. The van der Waals surface area contributed by atoms with Crippen molar-refractivity contribution in [1.82, 2.24) is 19.8 Å². The normalized spacial score (nSPS) is 12.4. The second-order valence-electron chi connectivity index (χ2n) is 4.16. The van der Waals surface area contributed by atoms with Crippen molar-refractivity contribution in [3.8, 4) is 0 Å². The number of hydrogen-bond donors (Lipinski definition) is 1. The van der Waals surface area contributed by atoms with Crippen LogP contribution in [0.25, 0.3) is 4.96 Å². The third-order valence-corrected chi connectivity index (χ3v) is 3.59. The summed E-state index contributed by atoms with van der Waals surface area (Å²) in [6.07, 6.45) is 0.0500. The van der Waals surface area contributed by atoms with Gasteiger partial charge in [-0.25, -0.2) is 0 Å². The van der Waals surface area contributed by atoms with Crippen molar-refractivity contribution in [2.24, 2.45) is 5.73 Å². The van der Waals surface area contributed by atoms with E-state index < -0.39 is 12.0 Å². The predicted octanol–water partition coefficient (Wildman–Crippen LogP) is 2.27. The Bertz CT molecular complexity index is 533. The van der Waals surface area contributed by atoms with Gasteiger partial charge in [-0.1, -0.05) is 24.2 Å². The molecular weight excluding hydrogens is 279 g/mol. The van der Waals surface area contributed by atoms with Gasteiger partial charge >= 0.3 is 6.18 Å². The Morgan fingerprint density at radius 2 is 1.84 bits per heavy atom. The predicted molar refractivity (Wildman–Crippen MR) is 64.9 cm³/mol. The molecule has 2 rings (SSSR count).